The Morgan fingerprint density at radius 3 is 1.72 bits per heavy atom. The Morgan fingerprint density at radius 2 is 1.05 bits per heavy atom. The van der Waals surface area contributed by atoms with Crippen molar-refractivity contribution in [3.8, 4) is 33.4 Å². The molecule has 0 N–H and O–H groups in total. The van der Waals surface area contributed by atoms with E-state index in [-0.39, 0.29) is 5.41 Å². The van der Waals surface area contributed by atoms with Gasteiger partial charge in [0.05, 0.1) is 0 Å². The summed E-state index contributed by atoms with van der Waals surface area (Å²) in [5.41, 5.74) is 21.1. The lowest BCUT2D eigenvalue weighted by Gasteiger charge is -2.31. The summed E-state index contributed by atoms with van der Waals surface area (Å²) >= 11 is 0. The summed E-state index contributed by atoms with van der Waals surface area (Å²) in [7, 11) is 0. The van der Waals surface area contributed by atoms with Crippen LogP contribution in [-0.4, -0.2) is 0 Å². The van der Waals surface area contributed by atoms with Gasteiger partial charge in [-0.2, -0.15) is 0 Å². The number of allylic oxidation sites excluding steroid dienone is 1. The Balaban J connectivity index is 1.13. The van der Waals surface area contributed by atoms with Crippen molar-refractivity contribution in [2.24, 2.45) is 0 Å². The number of fused-ring (bicyclic) bond motifs is 1. The van der Waals surface area contributed by atoms with E-state index in [1.165, 1.54) is 77.9 Å². The van der Waals surface area contributed by atoms with Crippen molar-refractivity contribution < 1.29 is 0 Å². The molecule has 1 heteroatoms. The van der Waals surface area contributed by atoms with E-state index in [1.807, 2.05) is 0 Å². The Hall–Kier alpha value is -6.70. The van der Waals surface area contributed by atoms with E-state index in [0.717, 1.165) is 23.5 Å². The van der Waals surface area contributed by atoms with Crippen LogP contribution in [0, 0.1) is 13.8 Å². The second-order valence-electron chi connectivity index (χ2n) is 15.7. The monoisotopic (exact) mass is 733 g/mol. The zero-order chi connectivity index (χ0) is 38.9. The smallest absolute Gasteiger partial charge is 0.0465 e. The molecule has 1 atom stereocenters. The first-order valence-electron chi connectivity index (χ1n) is 20.0. The van der Waals surface area contributed by atoms with Gasteiger partial charge in [-0.25, -0.2) is 0 Å². The first kappa shape index (κ1) is 36.0. The van der Waals surface area contributed by atoms with E-state index in [4.69, 9.17) is 0 Å². The van der Waals surface area contributed by atoms with Crippen LogP contribution in [0.3, 0.4) is 0 Å². The molecule has 0 amide bonds. The number of anilines is 3. The molecule has 1 aliphatic rings. The summed E-state index contributed by atoms with van der Waals surface area (Å²) in [4.78, 5) is 2.41. The van der Waals surface area contributed by atoms with Crippen molar-refractivity contribution in [2.45, 2.75) is 39.5 Å². The van der Waals surface area contributed by atoms with E-state index >= 15 is 0 Å². The third-order valence-corrected chi connectivity index (χ3v) is 12.1. The maximum Gasteiger partial charge on any atom is 0.0465 e. The van der Waals surface area contributed by atoms with Gasteiger partial charge >= 0.3 is 0 Å². The lowest BCUT2D eigenvalue weighted by Crippen LogP contribution is -2.23. The van der Waals surface area contributed by atoms with Crippen LogP contribution < -0.4 is 4.90 Å². The molecule has 0 heterocycles. The number of benzene rings is 8. The third-order valence-electron chi connectivity index (χ3n) is 12.1. The summed E-state index contributed by atoms with van der Waals surface area (Å²) in [5.74, 6) is 0. The second kappa shape index (κ2) is 15.1. The Bertz CT molecular complexity index is 2720. The minimum Gasteiger partial charge on any atom is -0.310 e. The Kier molecular flexibility index (Phi) is 9.52. The first-order chi connectivity index (χ1) is 27.8. The zero-order valence-electron chi connectivity index (χ0n) is 33.2. The molecule has 0 saturated carbocycles. The van der Waals surface area contributed by atoms with Gasteiger partial charge in [-0.15, -0.1) is 0 Å². The van der Waals surface area contributed by atoms with Gasteiger partial charge in [0.2, 0.25) is 0 Å². The molecule has 8 aromatic carbocycles. The molecule has 276 valence electrons. The fourth-order valence-corrected chi connectivity index (χ4v) is 8.72. The van der Waals surface area contributed by atoms with E-state index in [1.54, 1.807) is 0 Å². The lowest BCUT2D eigenvalue weighted by atomic mass is 9.74. The zero-order valence-corrected chi connectivity index (χ0v) is 33.2. The van der Waals surface area contributed by atoms with Crippen LogP contribution in [-0.2, 0) is 11.8 Å². The topological polar surface area (TPSA) is 3.24 Å². The summed E-state index contributed by atoms with van der Waals surface area (Å²) in [6, 6.07) is 71.3. The van der Waals surface area contributed by atoms with Crippen LogP contribution in [0.1, 0.15) is 52.8 Å². The van der Waals surface area contributed by atoms with Gasteiger partial charge in [-0.1, -0.05) is 169 Å². The van der Waals surface area contributed by atoms with Crippen LogP contribution in [0.5, 0.6) is 0 Å². The molecule has 8 aromatic rings. The summed E-state index contributed by atoms with van der Waals surface area (Å²) in [6.07, 6.45) is 3.25. The molecule has 0 radical (unpaired) electrons. The highest BCUT2D eigenvalue weighted by Crippen LogP contribution is 2.49. The average Bonchev–Trinajstić information content (AvgIpc) is 3.51. The molecular weight excluding hydrogens is 687 g/mol. The predicted octanol–water partition coefficient (Wildman–Crippen LogP) is 15.1. The van der Waals surface area contributed by atoms with Gasteiger partial charge in [-0.05, 0) is 143 Å². The highest BCUT2D eigenvalue weighted by atomic mass is 15.1. The maximum absolute atomic E-state index is 2.41. The molecule has 9 rings (SSSR count). The molecule has 1 unspecified atom stereocenters. The van der Waals surface area contributed by atoms with Gasteiger partial charge < -0.3 is 4.90 Å². The number of hydrogen-bond donors (Lipinski definition) is 0. The quantitative estimate of drug-likeness (QED) is 0.143. The van der Waals surface area contributed by atoms with Crippen molar-refractivity contribution in [3.05, 3.63) is 239 Å². The van der Waals surface area contributed by atoms with E-state index in [0.29, 0.717) is 0 Å². The number of rotatable bonds is 9. The molecule has 0 fully saturated rings. The molecule has 0 aromatic heterocycles. The highest BCUT2D eigenvalue weighted by Gasteiger charge is 2.37. The second-order valence-corrected chi connectivity index (χ2v) is 15.7. The fourth-order valence-electron chi connectivity index (χ4n) is 8.72. The molecule has 1 aliphatic carbocycles. The largest absolute Gasteiger partial charge is 0.310 e. The number of aryl methyl sites for hydroxylation is 2. The van der Waals surface area contributed by atoms with E-state index < -0.39 is 0 Å². The molecule has 0 saturated heterocycles. The van der Waals surface area contributed by atoms with Gasteiger partial charge in [-0.3, -0.25) is 0 Å². The van der Waals surface area contributed by atoms with Crippen LogP contribution in [0.15, 0.2) is 200 Å². The third kappa shape index (κ3) is 6.91. The van der Waals surface area contributed by atoms with E-state index in [2.05, 4.69) is 233 Å². The normalized spacial score (nSPS) is 14.6. The summed E-state index contributed by atoms with van der Waals surface area (Å²) in [6.45, 7) is 9.01. The average molecular weight is 734 g/mol. The highest BCUT2D eigenvalue weighted by molar-refractivity contribution is 5.84. The van der Waals surface area contributed by atoms with Crippen LogP contribution in [0.4, 0.5) is 17.1 Å². The van der Waals surface area contributed by atoms with Crippen molar-refractivity contribution >= 4 is 23.1 Å². The standard InChI is InChI=1S/C56H47N/c1-39-14-13-18-45(34-39)43-24-29-50(30-25-43)57(52-33-28-48-35-41(3)56(4,55(48)38-52)49-19-9-6-10-20-49)51-31-26-44(27-32-51)46-22-23-47(36-42-16-7-5-8-17-42)54(37-46)53-21-12-11-15-40(53)2/h5-35,37-38H,36H2,1-4H3. The minimum absolute atomic E-state index is 0.210. The van der Waals surface area contributed by atoms with Gasteiger partial charge in [0.15, 0.2) is 0 Å². The summed E-state index contributed by atoms with van der Waals surface area (Å²) < 4.78 is 0. The Labute approximate surface area is 338 Å². The van der Waals surface area contributed by atoms with Crippen molar-refractivity contribution in [1.29, 1.82) is 0 Å². The first-order valence-corrected chi connectivity index (χ1v) is 20.0. The summed E-state index contributed by atoms with van der Waals surface area (Å²) in [5, 5.41) is 0. The van der Waals surface area contributed by atoms with Crippen molar-refractivity contribution in [1.82, 2.24) is 0 Å². The molecule has 1 nitrogen and oxygen atoms in total. The van der Waals surface area contributed by atoms with Crippen molar-refractivity contribution in [2.75, 3.05) is 4.90 Å². The SMILES string of the molecule is CC1=Cc2ccc(N(c3ccc(-c4cccc(C)c4)cc3)c3ccc(-c4ccc(Cc5ccccc5)c(-c5ccccc5C)c4)cc3)cc2C1(C)c1ccccc1. The number of nitrogens with zero attached hydrogens (tertiary/aromatic N) is 1. The van der Waals surface area contributed by atoms with E-state index in [9.17, 15) is 0 Å². The molecule has 0 bridgehead atoms. The van der Waals surface area contributed by atoms with Crippen LogP contribution in [0.2, 0.25) is 0 Å². The maximum atomic E-state index is 2.41. The molecule has 0 aliphatic heterocycles. The van der Waals surface area contributed by atoms with Gasteiger partial charge in [0.1, 0.15) is 0 Å². The minimum atomic E-state index is -0.210. The number of hydrogen-bond acceptors (Lipinski definition) is 1. The molecular formula is C56H47N. The van der Waals surface area contributed by atoms with Crippen molar-refractivity contribution in [3.63, 3.8) is 0 Å². The van der Waals surface area contributed by atoms with Crippen LogP contribution >= 0.6 is 0 Å². The van der Waals surface area contributed by atoms with Gasteiger partial charge in [0.25, 0.3) is 0 Å². The van der Waals surface area contributed by atoms with Crippen LogP contribution in [0.25, 0.3) is 39.5 Å². The van der Waals surface area contributed by atoms with Gasteiger partial charge in [0, 0.05) is 22.5 Å². The fraction of sp³-hybridized carbons (Fsp3) is 0.107. The predicted molar refractivity (Wildman–Crippen MR) is 243 cm³/mol. The Morgan fingerprint density at radius 1 is 0.456 bits per heavy atom. The molecule has 0 spiro atoms. The molecule has 57 heavy (non-hydrogen) atoms. The lowest BCUT2D eigenvalue weighted by molar-refractivity contribution is 0.691.